The highest BCUT2D eigenvalue weighted by Crippen LogP contribution is 2.30. The standard InChI is InChI=1S/C32H30N6O2/c1-38-27-14-15-34-31(40)25(27)18-28(38)30-23(19-35-32(33)37-30)13-12-20-6-4-7-21(16-20)17-29(39)36-26-11-5-9-22-8-2-3-10-24(22)26/h2-4,6-8,10,16,18-19,26H,5,9,11,14-15,17H2,1H3,(H,34,40)(H,36,39)(H2,33,35,37)/t26-/m1/s1. The highest BCUT2D eigenvalue weighted by Gasteiger charge is 2.24. The number of hydrogen-bond donors (Lipinski definition) is 3. The van der Waals surface area contributed by atoms with Gasteiger partial charge in [-0.25, -0.2) is 9.97 Å². The van der Waals surface area contributed by atoms with Gasteiger partial charge in [0.05, 0.1) is 29.3 Å². The minimum atomic E-state index is -0.0914. The summed E-state index contributed by atoms with van der Waals surface area (Å²) in [6.45, 7) is 0.601. The SMILES string of the molecule is Cn1c(-c2nc(N)ncc2C#Cc2cccc(CC(=O)N[C@@H]3CCCc4ccccc43)c2)cc2c1CCNC2=O. The second-order valence-corrected chi connectivity index (χ2v) is 10.3. The Balaban J connectivity index is 1.22. The predicted octanol–water partition coefficient (Wildman–Crippen LogP) is 3.49. The molecule has 0 saturated heterocycles. The Kier molecular flexibility index (Phi) is 6.79. The maximum Gasteiger partial charge on any atom is 0.253 e. The normalized spacial score (nSPS) is 15.7. The van der Waals surface area contributed by atoms with Crippen LogP contribution in [0.25, 0.3) is 11.4 Å². The van der Waals surface area contributed by atoms with Gasteiger partial charge in [-0.3, -0.25) is 9.59 Å². The molecule has 2 aromatic heterocycles. The highest BCUT2D eigenvalue weighted by atomic mass is 16.2. The van der Waals surface area contributed by atoms with E-state index in [-0.39, 0.29) is 30.2 Å². The van der Waals surface area contributed by atoms with Gasteiger partial charge in [0.1, 0.15) is 5.69 Å². The van der Waals surface area contributed by atoms with Crippen molar-refractivity contribution < 1.29 is 9.59 Å². The smallest absolute Gasteiger partial charge is 0.253 e. The molecular weight excluding hydrogens is 500 g/mol. The summed E-state index contributed by atoms with van der Waals surface area (Å²) in [6.07, 6.45) is 5.72. The molecule has 6 rings (SSSR count). The number of nitrogen functional groups attached to an aromatic ring is 1. The fraction of sp³-hybridized carbons (Fsp3) is 0.250. The average molecular weight is 531 g/mol. The van der Waals surface area contributed by atoms with E-state index in [1.54, 1.807) is 6.20 Å². The van der Waals surface area contributed by atoms with Crippen molar-refractivity contribution in [3.63, 3.8) is 0 Å². The van der Waals surface area contributed by atoms with Crippen molar-refractivity contribution in [1.29, 1.82) is 0 Å². The first kappa shape index (κ1) is 25.4. The molecule has 2 amide bonds. The fourth-order valence-corrected chi connectivity index (χ4v) is 5.67. The molecule has 2 aliphatic rings. The van der Waals surface area contributed by atoms with Crippen LogP contribution in [0.2, 0.25) is 0 Å². The second-order valence-electron chi connectivity index (χ2n) is 10.3. The second kappa shape index (κ2) is 10.7. The number of aromatic nitrogens is 3. The van der Waals surface area contributed by atoms with E-state index in [0.29, 0.717) is 23.4 Å². The summed E-state index contributed by atoms with van der Waals surface area (Å²) in [5.41, 5.74) is 13.7. The van der Waals surface area contributed by atoms with Crippen molar-refractivity contribution in [2.24, 2.45) is 7.05 Å². The van der Waals surface area contributed by atoms with Crippen LogP contribution < -0.4 is 16.4 Å². The van der Waals surface area contributed by atoms with Crippen molar-refractivity contribution in [1.82, 2.24) is 25.2 Å². The van der Waals surface area contributed by atoms with Gasteiger partial charge in [0.25, 0.3) is 5.91 Å². The van der Waals surface area contributed by atoms with Crippen molar-refractivity contribution in [2.75, 3.05) is 12.3 Å². The first-order valence-electron chi connectivity index (χ1n) is 13.5. The van der Waals surface area contributed by atoms with E-state index in [0.717, 1.165) is 48.2 Å². The Bertz CT molecular complexity index is 1690. The molecule has 8 nitrogen and oxygen atoms in total. The molecule has 1 aliphatic heterocycles. The fourth-order valence-electron chi connectivity index (χ4n) is 5.67. The van der Waals surface area contributed by atoms with Crippen LogP contribution in [-0.4, -0.2) is 32.9 Å². The Hall–Kier alpha value is -4.90. The number of nitrogens with two attached hydrogens (primary N) is 1. The molecule has 2 aromatic carbocycles. The van der Waals surface area contributed by atoms with E-state index < -0.39 is 0 Å². The molecule has 4 N–H and O–H groups in total. The van der Waals surface area contributed by atoms with Crippen molar-refractivity contribution in [3.05, 3.63) is 99.9 Å². The monoisotopic (exact) mass is 530 g/mol. The van der Waals surface area contributed by atoms with Crippen LogP contribution in [0.4, 0.5) is 5.95 Å². The topological polar surface area (TPSA) is 115 Å². The van der Waals surface area contributed by atoms with Gasteiger partial charge >= 0.3 is 0 Å². The molecule has 1 atom stereocenters. The van der Waals surface area contributed by atoms with Crippen LogP contribution >= 0.6 is 0 Å². The van der Waals surface area contributed by atoms with Gasteiger partial charge < -0.3 is 20.9 Å². The van der Waals surface area contributed by atoms with Gasteiger partial charge in [-0.15, -0.1) is 0 Å². The number of carbonyl (C=O) groups excluding carboxylic acids is 2. The van der Waals surface area contributed by atoms with Crippen LogP contribution in [0, 0.1) is 11.8 Å². The quantitative estimate of drug-likeness (QED) is 0.350. The minimum Gasteiger partial charge on any atom is -0.368 e. The zero-order chi connectivity index (χ0) is 27.6. The Labute approximate surface area is 233 Å². The molecule has 0 saturated carbocycles. The first-order chi connectivity index (χ1) is 19.5. The molecule has 200 valence electrons. The maximum atomic E-state index is 12.9. The van der Waals surface area contributed by atoms with Gasteiger partial charge in [0.2, 0.25) is 11.9 Å². The molecule has 1 aliphatic carbocycles. The molecule has 8 heteroatoms. The zero-order valence-corrected chi connectivity index (χ0v) is 22.3. The summed E-state index contributed by atoms with van der Waals surface area (Å²) in [7, 11) is 1.92. The number of carbonyl (C=O) groups is 2. The number of hydrogen-bond acceptors (Lipinski definition) is 5. The van der Waals surface area contributed by atoms with E-state index in [2.05, 4.69) is 50.6 Å². The third-order valence-corrected chi connectivity index (χ3v) is 7.64. The number of anilines is 1. The van der Waals surface area contributed by atoms with Gasteiger partial charge in [0, 0.05) is 37.5 Å². The summed E-state index contributed by atoms with van der Waals surface area (Å²) in [4.78, 5) is 34.0. The Morgan fingerprint density at radius 3 is 2.90 bits per heavy atom. The molecule has 0 bridgehead atoms. The van der Waals surface area contributed by atoms with Crippen LogP contribution in [0.5, 0.6) is 0 Å². The number of benzene rings is 2. The van der Waals surface area contributed by atoms with Crippen molar-refractivity contribution >= 4 is 17.8 Å². The van der Waals surface area contributed by atoms with Crippen LogP contribution in [-0.2, 0) is 31.1 Å². The summed E-state index contributed by atoms with van der Waals surface area (Å²) in [5, 5.41) is 6.11. The number of fused-ring (bicyclic) bond motifs is 2. The van der Waals surface area contributed by atoms with Crippen LogP contribution in [0.1, 0.15) is 62.8 Å². The third-order valence-electron chi connectivity index (χ3n) is 7.64. The zero-order valence-electron chi connectivity index (χ0n) is 22.3. The number of amides is 2. The van der Waals surface area contributed by atoms with E-state index >= 15 is 0 Å². The lowest BCUT2D eigenvalue weighted by molar-refractivity contribution is -0.121. The van der Waals surface area contributed by atoms with Gasteiger partial charge in [-0.1, -0.05) is 48.2 Å². The molecule has 0 radical (unpaired) electrons. The molecular formula is C32H30N6O2. The summed E-state index contributed by atoms with van der Waals surface area (Å²) in [5.74, 6) is 6.43. The van der Waals surface area contributed by atoms with Crippen LogP contribution in [0.3, 0.4) is 0 Å². The number of rotatable bonds is 4. The molecule has 0 unspecified atom stereocenters. The molecule has 40 heavy (non-hydrogen) atoms. The number of nitrogens with one attached hydrogen (secondary N) is 2. The lowest BCUT2D eigenvalue weighted by Crippen LogP contribution is -2.32. The molecule has 4 aromatic rings. The van der Waals surface area contributed by atoms with Crippen molar-refractivity contribution in [2.45, 2.75) is 38.1 Å². The highest BCUT2D eigenvalue weighted by molar-refractivity contribution is 5.98. The number of aryl methyl sites for hydroxylation is 1. The molecule has 0 spiro atoms. The average Bonchev–Trinajstić information content (AvgIpc) is 3.30. The Morgan fingerprint density at radius 2 is 2.02 bits per heavy atom. The summed E-state index contributed by atoms with van der Waals surface area (Å²) < 4.78 is 1.98. The first-order valence-corrected chi connectivity index (χ1v) is 13.5. The van der Waals surface area contributed by atoms with E-state index in [4.69, 9.17) is 5.73 Å². The summed E-state index contributed by atoms with van der Waals surface area (Å²) in [6, 6.07) is 17.9. The van der Waals surface area contributed by atoms with Gasteiger partial charge in [0.15, 0.2) is 0 Å². The lowest BCUT2D eigenvalue weighted by Gasteiger charge is -2.26. The van der Waals surface area contributed by atoms with Crippen LogP contribution in [0.15, 0.2) is 60.8 Å². The Morgan fingerprint density at radius 1 is 1.15 bits per heavy atom. The van der Waals surface area contributed by atoms with Gasteiger partial charge in [-0.05, 0) is 54.2 Å². The third kappa shape index (κ3) is 5.06. The van der Waals surface area contributed by atoms with E-state index in [9.17, 15) is 9.59 Å². The minimum absolute atomic E-state index is 0.00209. The van der Waals surface area contributed by atoms with Gasteiger partial charge in [-0.2, -0.15) is 0 Å². The van der Waals surface area contributed by atoms with E-state index in [1.807, 2.05) is 48.0 Å². The largest absolute Gasteiger partial charge is 0.368 e. The predicted molar refractivity (Wildman–Crippen MR) is 153 cm³/mol. The molecule has 0 fully saturated rings. The lowest BCUT2D eigenvalue weighted by atomic mass is 9.87. The number of nitrogens with zero attached hydrogens (tertiary/aromatic N) is 3. The maximum absolute atomic E-state index is 12.9. The molecule has 3 heterocycles. The summed E-state index contributed by atoms with van der Waals surface area (Å²) >= 11 is 0. The van der Waals surface area contributed by atoms with Crippen molar-refractivity contribution in [3.8, 4) is 23.2 Å². The van der Waals surface area contributed by atoms with E-state index in [1.165, 1.54) is 11.1 Å².